The predicted octanol–water partition coefficient (Wildman–Crippen LogP) is 4.21. The molecule has 188 valence electrons. The van der Waals surface area contributed by atoms with Crippen LogP contribution in [-0.4, -0.2) is 40.1 Å². The molecule has 0 aromatic heterocycles. The van der Waals surface area contributed by atoms with E-state index in [1.807, 2.05) is 12.1 Å². The lowest BCUT2D eigenvalue weighted by Crippen LogP contribution is -2.29. The van der Waals surface area contributed by atoms with Crippen molar-refractivity contribution in [2.45, 2.75) is 24.7 Å². The standard InChI is InChI=1S/C26H25ClN2O6S/c1-2-34-26(31)15-18-7-9-20(10-8-18)28-25(30)17-35-24-12-11-21(16-22(24)27)36(32,33)29-14-13-19-5-3-4-6-23(19)29/h3-12,16H,2,13-15,17H2,1H3,(H,28,30). The highest BCUT2D eigenvalue weighted by Crippen LogP contribution is 2.35. The zero-order valence-electron chi connectivity index (χ0n) is 19.6. The molecule has 0 radical (unpaired) electrons. The number of carbonyl (C=O) groups is 2. The molecule has 1 aliphatic rings. The normalized spacial score (nSPS) is 12.7. The monoisotopic (exact) mass is 528 g/mol. The number of halogens is 1. The SMILES string of the molecule is CCOC(=O)Cc1ccc(NC(=O)COc2ccc(S(=O)(=O)N3CCc4ccccc43)cc2Cl)cc1. The van der Waals surface area contributed by atoms with Crippen molar-refractivity contribution >= 4 is 44.9 Å². The number of anilines is 2. The molecule has 0 saturated carbocycles. The van der Waals surface area contributed by atoms with Gasteiger partial charge < -0.3 is 14.8 Å². The third-order valence-corrected chi connectivity index (χ3v) is 7.69. The Hall–Kier alpha value is -3.56. The van der Waals surface area contributed by atoms with Crippen LogP contribution < -0.4 is 14.4 Å². The second kappa shape index (κ2) is 11.0. The molecular formula is C26H25ClN2O6S. The minimum absolute atomic E-state index is 0.0453. The van der Waals surface area contributed by atoms with E-state index < -0.39 is 15.9 Å². The van der Waals surface area contributed by atoms with Gasteiger partial charge in [-0.15, -0.1) is 0 Å². The van der Waals surface area contributed by atoms with Crippen LogP contribution in [0.4, 0.5) is 11.4 Å². The first-order valence-electron chi connectivity index (χ1n) is 11.4. The van der Waals surface area contributed by atoms with Gasteiger partial charge in [-0.2, -0.15) is 0 Å². The number of ether oxygens (including phenoxy) is 2. The van der Waals surface area contributed by atoms with Crippen LogP contribution >= 0.6 is 11.6 Å². The Morgan fingerprint density at radius 1 is 1.06 bits per heavy atom. The number of fused-ring (bicyclic) bond motifs is 1. The van der Waals surface area contributed by atoms with Gasteiger partial charge in [-0.05, 0) is 60.9 Å². The van der Waals surface area contributed by atoms with Gasteiger partial charge in [-0.25, -0.2) is 8.42 Å². The summed E-state index contributed by atoms with van der Waals surface area (Å²) in [5.41, 5.74) is 2.95. The van der Waals surface area contributed by atoms with E-state index in [0.717, 1.165) is 11.1 Å². The average Bonchev–Trinajstić information content (AvgIpc) is 3.30. The van der Waals surface area contributed by atoms with Crippen LogP contribution in [0.5, 0.6) is 5.75 Å². The molecule has 8 nitrogen and oxygen atoms in total. The highest BCUT2D eigenvalue weighted by atomic mass is 35.5. The number of nitrogens with zero attached hydrogens (tertiary/aromatic N) is 1. The second-order valence-electron chi connectivity index (χ2n) is 8.06. The van der Waals surface area contributed by atoms with E-state index in [4.69, 9.17) is 21.1 Å². The Labute approximate surface area is 214 Å². The van der Waals surface area contributed by atoms with Gasteiger partial charge in [0.25, 0.3) is 15.9 Å². The summed E-state index contributed by atoms with van der Waals surface area (Å²) in [7, 11) is -3.79. The molecule has 0 unspecified atom stereocenters. The molecule has 0 fully saturated rings. The van der Waals surface area contributed by atoms with E-state index in [-0.39, 0.29) is 34.7 Å². The quantitative estimate of drug-likeness (QED) is 0.417. The van der Waals surface area contributed by atoms with Gasteiger partial charge in [0.15, 0.2) is 6.61 Å². The number of sulfonamides is 1. The fourth-order valence-electron chi connectivity index (χ4n) is 3.87. The Morgan fingerprint density at radius 2 is 1.81 bits per heavy atom. The molecule has 1 N–H and O–H groups in total. The summed E-state index contributed by atoms with van der Waals surface area (Å²) in [5.74, 6) is -0.546. The number of nitrogens with one attached hydrogen (secondary N) is 1. The number of hydrogen-bond donors (Lipinski definition) is 1. The Kier molecular flexibility index (Phi) is 7.81. The van der Waals surface area contributed by atoms with Crippen molar-refractivity contribution in [3.63, 3.8) is 0 Å². The molecule has 3 aromatic carbocycles. The number of benzene rings is 3. The van der Waals surface area contributed by atoms with Crippen LogP contribution in [0, 0.1) is 0 Å². The molecule has 3 aromatic rings. The number of amides is 1. The Morgan fingerprint density at radius 3 is 2.53 bits per heavy atom. The van der Waals surface area contributed by atoms with Gasteiger partial charge in [-0.3, -0.25) is 13.9 Å². The summed E-state index contributed by atoms with van der Waals surface area (Å²) < 4.78 is 38.2. The fourth-order valence-corrected chi connectivity index (χ4v) is 5.70. The Balaban J connectivity index is 1.35. The first-order chi connectivity index (χ1) is 17.3. The topological polar surface area (TPSA) is 102 Å². The van der Waals surface area contributed by atoms with E-state index >= 15 is 0 Å². The Bertz CT molecular complexity index is 1380. The van der Waals surface area contributed by atoms with E-state index in [1.54, 1.807) is 43.3 Å². The van der Waals surface area contributed by atoms with Crippen molar-refractivity contribution in [2.75, 3.05) is 29.4 Å². The molecule has 1 aliphatic heterocycles. The lowest BCUT2D eigenvalue weighted by atomic mass is 10.1. The lowest BCUT2D eigenvalue weighted by molar-refractivity contribution is -0.142. The number of carbonyl (C=O) groups excluding carboxylic acids is 2. The van der Waals surface area contributed by atoms with Crippen LogP contribution in [0.2, 0.25) is 5.02 Å². The van der Waals surface area contributed by atoms with E-state index in [0.29, 0.717) is 30.9 Å². The fraction of sp³-hybridized carbons (Fsp3) is 0.231. The molecule has 0 bridgehead atoms. The van der Waals surface area contributed by atoms with Gasteiger partial charge in [0, 0.05) is 12.2 Å². The summed E-state index contributed by atoms with van der Waals surface area (Å²) in [4.78, 5) is 23.9. The average molecular weight is 529 g/mol. The van der Waals surface area contributed by atoms with E-state index in [9.17, 15) is 18.0 Å². The number of para-hydroxylation sites is 1. The highest BCUT2D eigenvalue weighted by Gasteiger charge is 2.31. The van der Waals surface area contributed by atoms with Crippen molar-refractivity contribution in [1.82, 2.24) is 0 Å². The maximum atomic E-state index is 13.2. The number of hydrogen-bond acceptors (Lipinski definition) is 6. The van der Waals surface area contributed by atoms with E-state index in [2.05, 4.69) is 5.32 Å². The summed E-state index contributed by atoms with van der Waals surface area (Å²) in [6.07, 6.45) is 0.799. The van der Waals surface area contributed by atoms with Crippen LogP contribution in [0.1, 0.15) is 18.1 Å². The van der Waals surface area contributed by atoms with Crippen molar-refractivity contribution in [2.24, 2.45) is 0 Å². The van der Waals surface area contributed by atoms with Crippen LogP contribution in [-0.2, 0) is 37.2 Å². The van der Waals surface area contributed by atoms with Crippen molar-refractivity contribution in [1.29, 1.82) is 0 Å². The predicted molar refractivity (Wildman–Crippen MR) is 137 cm³/mol. The third kappa shape index (κ3) is 5.80. The van der Waals surface area contributed by atoms with Gasteiger partial charge in [0.1, 0.15) is 5.75 Å². The smallest absolute Gasteiger partial charge is 0.310 e. The lowest BCUT2D eigenvalue weighted by Gasteiger charge is -2.20. The summed E-state index contributed by atoms with van der Waals surface area (Å²) in [6.45, 7) is 2.11. The molecule has 1 heterocycles. The van der Waals surface area contributed by atoms with Crippen molar-refractivity contribution in [3.05, 3.63) is 82.9 Å². The molecule has 0 spiro atoms. The van der Waals surface area contributed by atoms with Crippen LogP contribution in [0.25, 0.3) is 0 Å². The molecule has 36 heavy (non-hydrogen) atoms. The highest BCUT2D eigenvalue weighted by molar-refractivity contribution is 7.92. The second-order valence-corrected chi connectivity index (χ2v) is 10.3. The van der Waals surface area contributed by atoms with Crippen LogP contribution in [0.15, 0.2) is 71.6 Å². The molecule has 4 rings (SSSR count). The molecule has 10 heteroatoms. The maximum Gasteiger partial charge on any atom is 0.310 e. The summed E-state index contributed by atoms with van der Waals surface area (Å²) in [6, 6.07) is 18.4. The molecular weight excluding hydrogens is 504 g/mol. The largest absolute Gasteiger partial charge is 0.482 e. The number of esters is 1. The summed E-state index contributed by atoms with van der Waals surface area (Å²) >= 11 is 6.29. The first-order valence-corrected chi connectivity index (χ1v) is 13.2. The minimum Gasteiger partial charge on any atom is -0.482 e. The minimum atomic E-state index is -3.79. The van der Waals surface area contributed by atoms with Crippen molar-refractivity contribution in [3.8, 4) is 5.75 Å². The molecule has 0 atom stereocenters. The third-order valence-electron chi connectivity index (χ3n) is 5.59. The number of rotatable bonds is 9. The van der Waals surface area contributed by atoms with Gasteiger partial charge in [0.2, 0.25) is 0 Å². The molecule has 1 amide bonds. The van der Waals surface area contributed by atoms with Crippen LogP contribution in [0.3, 0.4) is 0 Å². The maximum absolute atomic E-state index is 13.2. The van der Waals surface area contributed by atoms with Gasteiger partial charge >= 0.3 is 5.97 Å². The molecule has 0 aliphatic carbocycles. The first kappa shape index (κ1) is 25.5. The van der Waals surface area contributed by atoms with Crippen molar-refractivity contribution < 1.29 is 27.5 Å². The van der Waals surface area contributed by atoms with E-state index in [1.165, 1.54) is 22.5 Å². The summed E-state index contributed by atoms with van der Waals surface area (Å²) in [5, 5.41) is 2.78. The van der Waals surface area contributed by atoms with Gasteiger partial charge in [-0.1, -0.05) is 41.9 Å². The zero-order valence-corrected chi connectivity index (χ0v) is 21.1. The zero-order chi connectivity index (χ0) is 25.7. The molecule has 0 saturated heterocycles. The van der Waals surface area contributed by atoms with Gasteiger partial charge in [0.05, 0.1) is 28.6 Å².